The van der Waals surface area contributed by atoms with Crippen LogP contribution in [0.3, 0.4) is 0 Å². The molecular weight excluding hydrogens is 338 g/mol. The first kappa shape index (κ1) is 21.3. The maximum atomic E-state index is 12.7. The van der Waals surface area contributed by atoms with Crippen molar-refractivity contribution in [1.29, 1.82) is 0 Å². The Morgan fingerprint density at radius 2 is 1.78 bits per heavy atom. The number of benzene rings is 1. The van der Waals surface area contributed by atoms with Crippen molar-refractivity contribution in [3.05, 3.63) is 29.8 Å². The van der Waals surface area contributed by atoms with Gasteiger partial charge < -0.3 is 15.5 Å². The molecule has 1 fully saturated rings. The summed E-state index contributed by atoms with van der Waals surface area (Å²) in [4.78, 5) is 27.0. The maximum absolute atomic E-state index is 12.7. The molecule has 0 bridgehead atoms. The number of hydrogen-bond donors (Lipinski definition) is 2. The Labute approximate surface area is 163 Å². The molecule has 0 aliphatic carbocycles. The summed E-state index contributed by atoms with van der Waals surface area (Å²) in [5.74, 6) is 0.697. The second-order valence-electron chi connectivity index (χ2n) is 7.82. The minimum absolute atomic E-state index is 0.00176. The lowest BCUT2D eigenvalue weighted by atomic mass is 10.0. The predicted molar refractivity (Wildman–Crippen MR) is 111 cm³/mol. The van der Waals surface area contributed by atoms with E-state index in [0.29, 0.717) is 12.5 Å². The molecule has 1 aliphatic rings. The number of carbonyl (C=O) groups excluding carboxylic acids is 2. The lowest BCUT2D eigenvalue weighted by Gasteiger charge is -2.35. The molecular formula is C22H35N3O2. The summed E-state index contributed by atoms with van der Waals surface area (Å²) in [6.07, 6.45) is 3.73. The lowest BCUT2D eigenvalue weighted by Crippen LogP contribution is -2.46. The van der Waals surface area contributed by atoms with Crippen LogP contribution in [-0.2, 0) is 4.79 Å². The van der Waals surface area contributed by atoms with Crippen LogP contribution in [0, 0.1) is 11.8 Å². The van der Waals surface area contributed by atoms with Gasteiger partial charge in [-0.1, -0.05) is 46.2 Å². The highest BCUT2D eigenvalue weighted by molar-refractivity contribution is 5.99. The van der Waals surface area contributed by atoms with E-state index in [1.54, 1.807) is 0 Å². The average molecular weight is 374 g/mol. The first-order valence-corrected chi connectivity index (χ1v) is 10.4. The third-order valence-corrected chi connectivity index (χ3v) is 5.70. The maximum Gasteiger partial charge on any atom is 0.253 e. The molecule has 1 heterocycles. The van der Waals surface area contributed by atoms with Crippen LogP contribution in [0.5, 0.6) is 0 Å². The van der Waals surface area contributed by atoms with Crippen molar-refractivity contribution < 1.29 is 9.59 Å². The molecule has 1 aliphatic heterocycles. The highest BCUT2D eigenvalue weighted by Crippen LogP contribution is 2.24. The zero-order valence-corrected chi connectivity index (χ0v) is 17.3. The van der Waals surface area contributed by atoms with Gasteiger partial charge in [0.25, 0.3) is 5.91 Å². The van der Waals surface area contributed by atoms with Crippen LogP contribution < -0.4 is 15.5 Å². The van der Waals surface area contributed by atoms with Gasteiger partial charge in [0.1, 0.15) is 0 Å². The van der Waals surface area contributed by atoms with E-state index < -0.39 is 0 Å². The largest absolute Gasteiger partial charge is 0.371 e. The van der Waals surface area contributed by atoms with Gasteiger partial charge in [0, 0.05) is 37.3 Å². The summed E-state index contributed by atoms with van der Waals surface area (Å²) in [6.45, 7) is 10.7. The normalized spacial score (nSPS) is 17.3. The van der Waals surface area contributed by atoms with Crippen molar-refractivity contribution in [2.75, 3.05) is 24.5 Å². The van der Waals surface area contributed by atoms with Crippen LogP contribution in [0.1, 0.15) is 63.7 Å². The van der Waals surface area contributed by atoms with Crippen LogP contribution in [0.25, 0.3) is 0 Å². The highest BCUT2D eigenvalue weighted by Gasteiger charge is 2.24. The third kappa shape index (κ3) is 5.98. The second kappa shape index (κ2) is 10.3. The summed E-state index contributed by atoms with van der Waals surface area (Å²) in [7, 11) is 0. The van der Waals surface area contributed by atoms with E-state index >= 15 is 0 Å². The molecule has 2 amide bonds. The molecule has 2 atom stereocenters. The first-order chi connectivity index (χ1) is 13.0. The van der Waals surface area contributed by atoms with Gasteiger partial charge in [-0.25, -0.2) is 0 Å². The number of carbonyl (C=O) groups is 2. The van der Waals surface area contributed by atoms with Crippen molar-refractivity contribution in [2.24, 2.45) is 11.8 Å². The number of amides is 2. The fourth-order valence-corrected chi connectivity index (χ4v) is 3.24. The third-order valence-electron chi connectivity index (χ3n) is 5.70. The summed E-state index contributed by atoms with van der Waals surface area (Å²) in [5.41, 5.74) is 1.73. The number of nitrogens with zero attached hydrogens (tertiary/aromatic N) is 1. The number of hydrogen-bond acceptors (Lipinski definition) is 3. The van der Waals surface area contributed by atoms with E-state index in [1.807, 2.05) is 38.1 Å². The molecule has 1 saturated heterocycles. The molecule has 0 radical (unpaired) electrons. The Morgan fingerprint density at radius 3 is 2.41 bits per heavy atom. The molecule has 1 aromatic rings. The summed E-state index contributed by atoms with van der Waals surface area (Å²) in [6, 6.07) is 8.06. The van der Waals surface area contributed by atoms with E-state index in [9.17, 15) is 9.59 Å². The fourth-order valence-electron chi connectivity index (χ4n) is 3.24. The van der Waals surface area contributed by atoms with Crippen LogP contribution in [0.15, 0.2) is 24.3 Å². The molecule has 0 aromatic heterocycles. The number of piperidine rings is 1. The van der Waals surface area contributed by atoms with Gasteiger partial charge in [0.2, 0.25) is 5.91 Å². The Hall–Kier alpha value is -2.04. The van der Waals surface area contributed by atoms with E-state index in [-0.39, 0.29) is 23.8 Å². The minimum atomic E-state index is -0.00176. The Balaban J connectivity index is 1.96. The van der Waals surface area contributed by atoms with Gasteiger partial charge in [-0.05, 0) is 37.3 Å². The molecule has 0 saturated carbocycles. The lowest BCUT2D eigenvalue weighted by molar-refractivity contribution is -0.125. The summed E-state index contributed by atoms with van der Waals surface area (Å²) < 4.78 is 0. The first-order valence-electron chi connectivity index (χ1n) is 10.4. The topological polar surface area (TPSA) is 61.4 Å². The monoisotopic (exact) mass is 373 g/mol. The smallest absolute Gasteiger partial charge is 0.253 e. The van der Waals surface area contributed by atoms with Crippen molar-refractivity contribution >= 4 is 17.5 Å². The summed E-state index contributed by atoms with van der Waals surface area (Å²) in [5, 5.41) is 6.23. The highest BCUT2D eigenvalue weighted by atomic mass is 16.2. The van der Waals surface area contributed by atoms with E-state index in [0.717, 1.165) is 50.0 Å². The number of nitrogens with one attached hydrogen (secondary N) is 2. The van der Waals surface area contributed by atoms with Crippen molar-refractivity contribution in [1.82, 2.24) is 10.6 Å². The van der Waals surface area contributed by atoms with Crippen LogP contribution in [0.2, 0.25) is 0 Å². The predicted octanol–water partition coefficient (Wildman–Crippen LogP) is 3.59. The molecule has 5 nitrogen and oxygen atoms in total. The minimum Gasteiger partial charge on any atom is -0.371 e. The molecule has 0 unspecified atom stereocenters. The van der Waals surface area contributed by atoms with Crippen LogP contribution in [0.4, 0.5) is 5.69 Å². The van der Waals surface area contributed by atoms with E-state index in [4.69, 9.17) is 0 Å². The van der Waals surface area contributed by atoms with Gasteiger partial charge in [0.15, 0.2) is 0 Å². The quantitative estimate of drug-likeness (QED) is 0.732. The fraction of sp³-hybridized carbons (Fsp3) is 0.636. The van der Waals surface area contributed by atoms with Crippen molar-refractivity contribution in [2.45, 2.75) is 59.4 Å². The molecule has 150 valence electrons. The Kier molecular flexibility index (Phi) is 8.14. The zero-order valence-electron chi connectivity index (χ0n) is 17.3. The van der Waals surface area contributed by atoms with E-state index in [1.165, 1.54) is 0 Å². The van der Waals surface area contributed by atoms with Gasteiger partial charge in [-0.15, -0.1) is 0 Å². The average Bonchev–Trinajstić information content (AvgIpc) is 2.71. The molecule has 27 heavy (non-hydrogen) atoms. The molecule has 0 spiro atoms. The van der Waals surface area contributed by atoms with Crippen molar-refractivity contribution in [3.63, 3.8) is 0 Å². The SMILES string of the molecule is CC[C@H](C)CNC(=O)c1ccccc1N1CCC(NC(=O)[C@@H](C)CC)CC1. The zero-order chi connectivity index (χ0) is 19.8. The second-order valence-corrected chi connectivity index (χ2v) is 7.82. The number of anilines is 1. The van der Waals surface area contributed by atoms with Crippen molar-refractivity contribution in [3.8, 4) is 0 Å². The summed E-state index contributed by atoms with van der Waals surface area (Å²) >= 11 is 0. The number of rotatable bonds is 8. The van der Waals surface area contributed by atoms with E-state index in [2.05, 4.69) is 29.4 Å². The number of para-hydroxylation sites is 1. The Bertz CT molecular complexity index is 624. The Morgan fingerprint density at radius 1 is 1.11 bits per heavy atom. The van der Waals surface area contributed by atoms with Gasteiger partial charge in [-0.2, -0.15) is 0 Å². The van der Waals surface area contributed by atoms with Crippen LogP contribution in [-0.4, -0.2) is 37.5 Å². The molecule has 2 N–H and O–H groups in total. The standard InChI is InChI=1S/C22H35N3O2/c1-5-16(3)15-23-22(27)19-9-7-8-10-20(19)25-13-11-18(12-14-25)24-21(26)17(4)6-2/h7-10,16-18H,5-6,11-15H2,1-4H3,(H,23,27)(H,24,26)/t16-,17-/m0/s1. The molecule has 2 rings (SSSR count). The van der Waals surface area contributed by atoms with Gasteiger partial charge in [-0.3, -0.25) is 9.59 Å². The van der Waals surface area contributed by atoms with Gasteiger partial charge in [0.05, 0.1) is 5.56 Å². The van der Waals surface area contributed by atoms with Crippen LogP contribution >= 0.6 is 0 Å². The molecule has 1 aromatic carbocycles. The van der Waals surface area contributed by atoms with Gasteiger partial charge >= 0.3 is 0 Å². The molecule has 5 heteroatoms.